The maximum Gasteiger partial charge on any atom is 0.411 e. The average molecular weight is 272 g/mol. The zero-order valence-electron chi connectivity index (χ0n) is 12.2. The molecule has 0 bridgehead atoms. The Hall–Kier alpha value is -1.30. The van der Waals surface area contributed by atoms with Gasteiger partial charge < -0.3 is 15.2 Å². The zero-order valence-corrected chi connectivity index (χ0v) is 12.2. The fourth-order valence-electron chi connectivity index (χ4n) is 2.36. The third kappa shape index (κ3) is 3.59. The van der Waals surface area contributed by atoms with Crippen LogP contribution in [-0.4, -0.2) is 52.8 Å². The van der Waals surface area contributed by atoms with Crippen molar-refractivity contribution in [2.75, 3.05) is 19.6 Å². The maximum absolute atomic E-state index is 12.2. The van der Waals surface area contributed by atoms with Crippen LogP contribution in [0.15, 0.2) is 0 Å². The molecule has 19 heavy (non-hydrogen) atoms. The highest BCUT2D eigenvalue weighted by Gasteiger charge is 2.47. The summed E-state index contributed by atoms with van der Waals surface area (Å²) in [6.07, 6.45) is 0.240. The number of hydrogen-bond acceptors (Lipinski definition) is 4. The van der Waals surface area contributed by atoms with Crippen LogP contribution < -0.4 is 5.32 Å². The Morgan fingerprint density at radius 2 is 1.84 bits per heavy atom. The van der Waals surface area contributed by atoms with Gasteiger partial charge in [-0.15, -0.1) is 0 Å². The third-order valence-electron chi connectivity index (χ3n) is 3.28. The lowest BCUT2D eigenvalue weighted by Crippen LogP contribution is -2.61. The Morgan fingerprint density at radius 1 is 1.32 bits per heavy atom. The first kappa shape index (κ1) is 15.8. The molecule has 6 nitrogen and oxygen atoms in total. The predicted molar refractivity (Wildman–Crippen MR) is 71.1 cm³/mol. The average Bonchev–Trinajstić information content (AvgIpc) is 2.28. The van der Waals surface area contributed by atoms with Gasteiger partial charge >= 0.3 is 12.1 Å². The van der Waals surface area contributed by atoms with Crippen LogP contribution in [0, 0.1) is 0 Å². The summed E-state index contributed by atoms with van der Waals surface area (Å²) in [6.45, 7) is 8.59. The Kier molecular flexibility index (Phi) is 4.79. The van der Waals surface area contributed by atoms with Crippen molar-refractivity contribution in [1.29, 1.82) is 0 Å². The van der Waals surface area contributed by atoms with Gasteiger partial charge in [0.25, 0.3) is 0 Å². The third-order valence-corrected chi connectivity index (χ3v) is 3.28. The number of likely N-dealkylation sites (N-methyl/N-ethyl adjacent to an activating group) is 1. The molecule has 1 aliphatic heterocycles. The first-order valence-corrected chi connectivity index (χ1v) is 6.67. The lowest BCUT2D eigenvalue weighted by Gasteiger charge is -2.42. The van der Waals surface area contributed by atoms with E-state index >= 15 is 0 Å². The molecule has 0 saturated carbocycles. The van der Waals surface area contributed by atoms with Crippen LogP contribution >= 0.6 is 0 Å². The molecule has 1 fully saturated rings. The number of hydrogen-bond donors (Lipinski definition) is 2. The number of carbonyl (C=O) groups excluding carboxylic acids is 1. The summed E-state index contributed by atoms with van der Waals surface area (Å²) in [4.78, 5) is 25.2. The molecule has 0 atom stereocenters. The van der Waals surface area contributed by atoms with Crippen LogP contribution in [0.25, 0.3) is 0 Å². The molecule has 0 unspecified atom stereocenters. The highest BCUT2D eigenvalue weighted by Crippen LogP contribution is 2.28. The Morgan fingerprint density at radius 3 is 2.21 bits per heavy atom. The van der Waals surface area contributed by atoms with Gasteiger partial charge in [-0.25, -0.2) is 9.59 Å². The molecule has 0 aliphatic carbocycles. The quantitative estimate of drug-likeness (QED) is 0.813. The molecule has 1 heterocycles. The number of rotatable bonds is 3. The second kappa shape index (κ2) is 5.77. The molecule has 0 aromatic heterocycles. The number of carboxylic acids is 1. The SMILES string of the molecule is CCN(C(=O)OC(C)(C)C)C1(C(=O)O)CCNCC1. The second-order valence-corrected chi connectivity index (χ2v) is 5.81. The summed E-state index contributed by atoms with van der Waals surface area (Å²) >= 11 is 0. The van der Waals surface area contributed by atoms with Crippen LogP contribution in [-0.2, 0) is 9.53 Å². The Labute approximate surface area is 114 Å². The van der Waals surface area contributed by atoms with Crippen LogP contribution in [0.4, 0.5) is 4.79 Å². The van der Waals surface area contributed by atoms with Gasteiger partial charge in [-0.1, -0.05) is 0 Å². The molecule has 0 aromatic rings. The lowest BCUT2D eigenvalue weighted by molar-refractivity contribution is -0.153. The molecule has 1 aliphatic rings. The summed E-state index contributed by atoms with van der Waals surface area (Å²) in [5, 5.41) is 12.7. The summed E-state index contributed by atoms with van der Waals surface area (Å²) in [7, 11) is 0. The second-order valence-electron chi connectivity index (χ2n) is 5.81. The van der Waals surface area contributed by atoms with Crippen molar-refractivity contribution in [2.24, 2.45) is 0 Å². The predicted octanol–water partition coefficient (Wildman–Crippen LogP) is 1.45. The van der Waals surface area contributed by atoms with E-state index in [1.807, 2.05) is 0 Å². The normalized spacial score (nSPS) is 18.7. The van der Waals surface area contributed by atoms with Crippen LogP contribution in [0.3, 0.4) is 0 Å². The smallest absolute Gasteiger partial charge is 0.411 e. The maximum atomic E-state index is 12.2. The van der Waals surface area contributed by atoms with E-state index in [1.165, 1.54) is 4.90 Å². The first-order valence-electron chi connectivity index (χ1n) is 6.67. The van der Waals surface area contributed by atoms with Crippen molar-refractivity contribution in [1.82, 2.24) is 10.2 Å². The van der Waals surface area contributed by atoms with Crippen LogP contribution in [0.5, 0.6) is 0 Å². The van der Waals surface area contributed by atoms with Crippen molar-refractivity contribution in [3.8, 4) is 0 Å². The van der Waals surface area contributed by atoms with E-state index in [4.69, 9.17) is 4.74 Å². The van der Waals surface area contributed by atoms with Gasteiger partial charge in [-0.05, 0) is 53.6 Å². The first-order chi connectivity index (χ1) is 8.73. The molecule has 1 rings (SSSR count). The number of aliphatic carboxylic acids is 1. The summed E-state index contributed by atoms with van der Waals surface area (Å²) in [6, 6.07) is 0. The van der Waals surface area contributed by atoms with E-state index in [-0.39, 0.29) is 0 Å². The van der Waals surface area contributed by atoms with Crippen molar-refractivity contribution in [3.05, 3.63) is 0 Å². The molecular weight excluding hydrogens is 248 g/mol. The Bertz CT molecular complexity index is 343. The van der Waals surface area contributed by atoms with E-state index in [1.54, 1.807) is 27.7 Å². The highest BCUT2D eigenvalue weighted by atomic mass is 16.6. The molecule has 0 radical (unpaired) electrons. The van der Waals surface area contributed by atoms with Crippen molar-refractivity contribution >= 4 is 12.1 Å². The number of carboxylic acid groups (broad SMARTS) is 1. The van der Waals surface area contributed by atoms with E-state index in [0.29, 0.717) is 32.5 Å². The summed E-state index contributed by atoms with van der Waals surface area (Å²) in [5.41, 5.74) is -1.78. The van der Waals surface area contributed by atoms with Gasteiger partial charge in [0.2, 0.25) is 0 Å². The van der Waals surface area contributed by atoms with E-state index in [9.17, 15) is 14.7 Å². The van der Waals surface area contributed by atoms with Gasteiger partial charge in [0.05, 0.1) is 0 Å². The minimum atomic E-state index is -1.15. The van der Waals surface area contributed by atoms with E-state index in [2.05, 4.69) is 5.32 Å². The molecule has 1 amide bonds. The van der Waals surface area contributed by atoms with Crippen molar-refractivity contribution < 1.29 is 19.4 Å². The molecule has 0 aromatic carbocycles. The monoisotopic (exact) mass is 272 g/mol. The minimum Gasteiger partial charge on any atom is -0.479 e. The Balaban J connectivity index is 2.97. The number of nitrogens with one attached hydrogen (secondary N) is 1. The fourth-order valence-corrected chi connectivity index (χ4v) is 2.36. The van der Waals surface area contributed by atoms with Crippen LogP contribution in [0.1, 0.15) is 40.5 Å². The molecule has 1 saturated heterocycles. The van der Waals surface area contributed by atoms with Gasteiger partial charge in [0, 0.05) is 6.54 Å². The molecule has 0 spiro atoms. The molecule has 6 heteroatoms. The number of carbonyl (C=O) groups is 2. The largest absolute Gasteiger partial charge is 0.479 e. The van der Waals surface area contributed by atoms with E-state index in [0.717, 1.165) is 0 Å². The topological polar surface area (TPSA) is 78.9 Å². The highest BCUT2D eigenvalue weighted by molar-refractivity contribution is 5.84. The standard InChI is InChI=1S/C13H24N2O4/c1-5-15(11(18)19-12(2,3)4)13(10(16)17)6-8-14-9-7-13/h14H,5-9H2,1-4H3,(H,16,17). The zero-order chi connectivity index (χ0) is 14.7. The van der Waals surface area contributed by atoms with Gasteiger partial charge in [0.1, 0.15) is 11.1 Å². The fraction of sp³-hybridized carbons (Fsp3) is 0.846. The minimum absolute atomic E-state index is 0.321. The van der Waals surface area contributed by atoms with Gasteiger partial charge in [-0.3, -0.25) is 4.90 Å². The number of nitrogens with zero attached hydrogens (tertiary/aromatic N) is 1. The summed E-state index contributed by atoms with van der Waals surface area (Å²) < 4.78 is 5.32. The summed E-state index contributed by atoms with van der Waals surface area (Å²) in [5.74, 6) is -0.957. The lowest BCUT2D eigenvalue weighted by atomic mass is 9.86. The van der Waals surface area contributed by atoms with E-state index < -0.39 is 23.2 Å². The van der Waals surface area contributed by atoms with Crippen molar-refractivity contribution in [2.45, 2.75) is 51.7 Å². The van der Waals surface area contributed by atoms with Gasteiger partial charge in [-0.2, -0.15) is 0 Å². The number of amides is 1. The van der Waals surface area contributed by atoms with Crippen LogP contribution in [0.2, 0.25) is 0 Å². The number of piperidine rings is 1. The van der Waals surface area contributed by atoms with Gasteiger partial charge in [0.15, 0.2) is 0 Å². The van der Waals surface area contributed by atoms with Crippen molar-refractivity contribution in [3.63, 3.8) is 0 Å². The number of ether oxygens (including phenoxy) is 1. The molecular formula is C13H24N2O4. The molecule has 110 valence electrons. The molecule has 2 N–H and O–H groups in total.